The van der Waals surface area contributed by atoms with Gasteiger partial charge in [-0.3, -0.25) is 9.36 Å². The van der Waals surface area contributed by atoms with E-state index in [1.54, 1.807) is 16.7 Å². The molecule has 10 heteroatoms. The number of nitrogens with zero attached hydrogens (tertiary/aromatic N) is 3. The zero-order valence-electron chi connectivity index (χ0n) is 15.8. The second-order valence-corrected chi connectivity index (χ2v) is 9.96. The Morgan fingerprint density at radius 1 is 1.13 bits per heavy atom. The van der Waals surface area contributed by atoms with Crippen LogP contribution in [0.1, 0.15) is 6.42 Å². The van der Waals surface area contributed by atoms with E-state index >= 15 is 0 Å². The van der Waals surface area contributed by atoms with Crippen LogP contribution < -0.4 is 0 Å². The quantitative estimate of drug-likeness (QED) is 0.424. The molecule has 1 aliphatic rings. The SMILES string of the molecule is O=C(CSc1nnc(-c2ccccc2)n1-c1ccc(F)cc1)OC1CCS(=O)(=O)C1. The Hall–Kier alpha value is -2.72. The first kappa shape index (κ1) is 20.5. The Balaban J connectivity index is 1.55. The number of hydrogen-bond donors (Lipinski definition) is 0. The lowest BCUT2D eigenvalue weighted by molar-refractivity contribution is -0.144. The molecule has 0 N–H and O–H groups in total. The zero-order chi connectivity index (χ0) is 21.1. The van der Waals surface area contributed by atoms with Crippen molar-refractivity contribution in [1.82, 2.24) is 14.8 Å². The number of carbonyl (C=O) groups is 1. The van der Waals surface area contributed by atoms with E-state index in [9.17, 15) is 17.6 Å². The molecule has 4 rings (SSSR count). The molecule has 0 bridgehead atoms. The van der Waals surface area contributed by atoms with E-state index in [1.165, 1.54) is 12.1 Å². The van der Waals surface area contributed by atoms with Crippen LogP contribution in [0.3, 0.4) is 0 Å². The number of hydrogen-bond acceptors (Lipinski definition) is 7. The molecule has 0 radical (unpaired) electrons. The summed E-state index contributed by atoms with van der Waals surface area (Å²) < 4.78 is 43.5. The van der Waals surface area contributed by atoms with E-state index in [0.29, 0.717) is 23.1 Å². The average Bonchev–Trinajstić information content (AvgIpc) is 3.30. The predicted molar refractivity (Wildman–Crippen MR) is 111 cm³/mol. The molecule has 0 spiro atoms. The molecule has 1 saturated heterocycles. The Kier molecular flexibility index (Phi) is 5.87. The smallest absolute Gasteiger partial charge is 0.316 e. The molecule has 7 nitrogen and oxygen atoms in total. The summed E-state index contributed by atoms with van der Waals surface area (Å²) in [6.07, 6.45) is -0.277. The molecule has 1 aromatic heterocycles. The fourth-order valence-electron chi connectivity index (χ4n) is 3.16. The number of aromatic nitrogens is 3. The monoisotopic (exact) mass is 447 g/mol. The minimum Gasteiger partial charge on any atom is -0.461 e. The maximum absolute atomic E-state index is 13.4. The fourth-order valence-corrected chi connectivity index (χ4v) is 5.48. The van der Waals surface area contributed by atoms with Gasteiger partial charge in [-0.1, -0.05) is 42.1 Å². The Morgan fingerprint density at radius 2 is 1.87 bits per heavy atom. The van der Waals surface area contributed by atoms with Crippen molar-refractivity contribution in [2.24, 2.45) is 0 Å². The highest BCUT2D eigenvalue weighted by molar-refractivity contribution is 7.99. The topological polar surface area (TPSA) is 91.2 Å². The normalized spacial score (nSPS) is 17.7. The lowest BCUT2D eigenvalue weighted by Gasteiger charge is -2.12. The summed E-state index contributed by atoms with van der Waals surface area (Å²) in [7, 11) is -3.12. The van der Waals surface area contributed by atoms with Gasteiger partial charge in [0.2, 0.25) is 0 Å². The number of thioether (sulfide) groups is 1. The van der Waals surface area contributed by atoms with Gasteiger partial charge in [0, 0.05) is 11.3 Å². The number of carbonyl (C=O) groups excluding carboxylic acids is 1. The summed E-state index contributed by atoms with van der Waals surface area (Å²) in [5.74, 6) is -0.468. The number of ether oxygens (including phenoxy) is 1. The predicted octanol–water partition coefficient (Wildman–Crippen LogP) is 2.90. The van der Waals surface area contributed by atoms with Gasteiger partial charge in [0.1, 0.15) is 11.9 Å². The standard InChI is InChI=1S/C20H18FN3O4S2/c21-15-6-8-16(9-7-15)24-19(14-4-2-1-3-5-14)22-23-20(24)29-12-18(25)28-17-10-11-30(26,27)13-17/h1-9,17H,10-13H2. The lowest BCUT2D eigenvalue weighted by atomic mass is 10.2. The number of esters is 1. The highest BCUT2D eigenvalue weighted by atomic mass is 32.2. The third-order valence-corrected chi connectivity index (χ3v) is 7.20. The summed E-state index contributed by atoms with van der Waals surface area (Å²) >= 11 is 1.12. The lowest BCUT2D eigenvalue weighted by Crippen LogP contribution is -2.20. The van der Waals surface area contributed by atoms with Crippen LogP contribution in [-0.4, -0.2) is 52.5 Å². The van der Waals surface area contributed by atoms with Crippen LogP contribution in [0.5, 0.6) is 0 Å². The van der Waals surface area contributed by atoms with Crippen molar-refractivity contribution in [2.45, 2.75) is 17.7 Å². The maximum atomic E-state index is 13.4. The van der Waals surface area contributed by atoms with E-state index in [2.05, 4.69) is 10.2 Å². The maximum Gasteiger partial charge on any atom is 0.316 e. The Morgan fingerprint density at radius 3 is 2.53 bits per heavy atom. The van der Waals surface area contributed by atoms with Gasteiger partial charge in [-0.2, -0.15) is 0 Å². The molecule has 1 fully saturated rings. The highest BCUT2D eigenvalue weighted by Gasteiger charge is 2.30. The van der Waals surface area contributed by atoms with E-state index < -0.39 is 21.9 Å². The van der Waals surface area contributed by atoms with Crippen molar-refractivity contribution in [1.29, 1.82) is 0 Å². The van der Waals surface area contributed by atoms with Crippen molar-refractivity contribution in [3.05, 3.63) is 60.4 Å². The summed E-state index contributed by atoms with van der Waals surface area (Å²) in [5, 5.41) is 8.89. The summed E-state index contributed by atoms with van der Waals surface area (Å²) in [6, 6.07) is 15.3. The molecular weight excluding hydrogens is 429 g/mol. The zero-order valence-corrected chi connectivity index (χ0v) is 17.4. The first-order valence-corrected chi connectivity index (χ1v) is 12.0. The van der Waals surface area contributed by atoms with E-state index in [4.69, 9.17) is 4.74 Å². The first-order chi connectivity index (χ1) is 14.4. The minimum atomic E-state index is -3.12. The van der Waals surface area contributed by atoms with Crippen LogP contribution >= 0.6 is 11.8 Å². The second-order valence-electron chi connectivity index (χ2n) is 6.79. The van der Waals surface area contributed by atoms with E-state index in [0.717, 1.165) is 17.3 Å². The van der Waals surface area contributed by atoms with Crippen molar-refractivity contribution in [3.63, 3.8) is 0 Å². The third kappa shape index (κ3) is 4.71. The van der Waals surface area contributed by atoms with Gasteiger partial charge >= 0.3 is 5.97 Å². The summed E-state index contributed by atoms with van der Waals surface area (Å²) in [5.41, 5.74) is 1.47. The molecule has 156 valence electrons. The summed E-state index contributed by atoms with van der Waals surface area (Å²) in [6.45, 7) is 0. The van der Waals surface area contributed by atoms with Crippen molar-refractivity contribution >= 4 is 27.6 Å². The average molecular weight is 448 g/mol. The van der Waals surface area contributed by atoms with E-state index in [1.807, 2.05) is 30.3 Å². The van der Waals surface area contributed by atoms with E-state index in [-0.39, 0.29) is 23.1 Å². The molecule has 1 atom stereocenters. The van der Waals surface area contributed by atoms with Gasteiger partial charge < -0.3 is 4.74 Å². The molecule has 2 heterocycles. The number of sulfone groups is 1. The van der Waals surface area contributed by atoms with Crippen LogP contribution in [0.15, 0.2) is 59.8 Å². The molecule has 0 aliphatic carbocycles. The second kappa shape index (κ2) is 8.57. The number of rotatable bonds is 6. The number of benzene rings is 2. The minimum absolute atomic E-state index is 0.0391. The molecule has 0 saturated carbocycles. The third-order valence-electron chi connectivity index (χ3n) is 4.56. The van der Waals surface area contributed by atoms with Crippen LogP contribution in [-0.2, 0) is 19.4 Å². The van der Waals surface area contributed by atoms with Gasteiger partial charge in [0.25, 0.3) is 0 Å². The van der Waals surface area contributed by atoms with Crippen LogP contribution in [0.2, 0.25) is 0 Å². The van der Waals surface area contributed by atoms with Crippen molar-refractivity contribution in [2.75, 3.05) is 17.3 Å². The Bertz CT molecular complexity index is 1150. The van der Waals surface area contributed by atoms with Crippen LogP contribution in [0.25, 0.3) is 17.1 Å². The molecule has 2 aromatic carbocycles. The largest absolute Gasteiger partial charge is 0.461 e. The fraction of sp³-hybridized carbons (Fsp3) is 0.250. The Labute approximate surface area is 177 Å². The molecule has 0 amide bonds. The molecule has 30 heavy (non-hydrogen) atoms. The van der Waals surface area contributed by atoms with Crippen molar-refractivity contribution < 1.29 is 22.3 Å². The highest BCUT2D eigenvalue weighted by Crippen LogP contribution is 2.28. The molecule has 3 aromatic rings. The summed E-state index contributed by atoms with van der Waals surface area (Å²) in [4.78, 5) is 12.2. The van der Waals surface area contributed by atoms with Gasteiger partial charge in [-0.05, 0) is 30.7 Å². The van der Waals surface area contributed by atoms with Crippen molar-refractivity contribution in [3.8, 4) is 17.1 Å². The first-order valence-electron chi connectivity index (χ1n) is 9.21. The number of halogens is 1. The van der Waals surface area contributed by atoms with Crippen LogP contribution in [0, 0.1) is 5.82 Å². The van der Waals surface area contributed by atoms with Gasteiger partial charge in [-0.15, -0.1) is 10.2 Å². The molecular formula is C20H18FN3O4S2. The van der Waals surface area contributed by atoms with Gasteiger partial charge in [0.05, 0.1) is 17.3 Å². The van der Waals surface area contributed by atoms with Gasteiger partial charge in [-0.25, -0.2) is 12.8 Å². The van der Waals surface area contributed by atoms with Gasteiger partial charge in [0.15, 0.2) is 20.8 Å². The molecule has 1 unspecified atom stereocenters. The molecule has 1 aliphatic heterocycles. The van der Waals surface area contributed by atoms with Crippen LogP contribution in [0.4, 0.5) is 4.39 Å².